The first-order valence-corrected chi connectivity index (χ1v) is 5.98. The first-order valence-electron chi connectivity index (χ1n) is 5.98. The molecule has 1 aliphatic rings. The number of hydrogen-bond donors (Lipinski definition) is 0. The van der Waals surface area contributed by atoms with Gasteiger partial charge in [0, 0.05) is 31.0 Å². The van der Waals surface area contributed by atoms with Gasteiger partial charge < -0.3 is 14.4 Å². The Kier molecular flexibility index (Phi) is 3.69. The van der Waals surface area contributed by atoms with Crippen molar-refractivity contribution in [1.82, 2.24) is 4.98 Å². The Balaban J connectivity index is 2.13. The maximum atomic E-state index is 11.6. The highest BCUT2D eigenvalue weighted by molar-refractivity contribution is 5.74. The highest BCUT2D eigenvalue weighted by Crippen LogP contribution is 2.29. The standard InChI is InChI=1S/C13H18N2O3/c1-9-7-15(8-11(9)13(16)18-3)10-4-5-14-12(6-10)17-2/h4-6,9,11H,7-8H2,1-3H3. The monoisotopic (exact) mass is 250 g/mol. The van der Waals surface area contributed by atoms with E-state index in [4.69, 9.17) is 9.47 Å². The molecule has 2 heterocycles. The second-order valence-electron chi connectivity index (χ2n) is 4.57. The van der Waals surface area contributed by atoms with Crippen LogP contribution in [0.5, 0.6) is 5.88 Å². The second kappa shape index (κ2) is 5.25. The summed E-state index contributed by atoms with van der Waals surface area (Å²) in [5, 5.41) is 0. The summed E-state index contributed by atoms with van der Waals surface area (Å²) < 4.78 is 9.94. The van der Waals surface area contributed by atoms with Gasteiger partial charge in [0.1, 0.15) is 0 Å². The van der Waals surface area contributed by atoms with Crippen LogP contribution in [0.25, 0.3) is 0 Å². The molecule has 2 atom stereocenters. The van der Waals surface area contributed by atoms with Gasteiger partial charge in [-0.05, 0) is 12.0 Å². The highest BCUT2D eigenvalue weighted by Gasteiger charge is 2.35. The number of ether oxygens (including phenoxy) is 2. The first-order chi connectivity index (χ1) is 8.65. The third-order valence-electron chi connectivity index (χ3n) is 3.41. The number of carbonyl (C=O) groups excluding carboxylic acids is 1. The molecule has 0 amide bonds. The number of anilines is 1. The van der Waals surface area contributed by atoms with Crippen molar-refractivity contribution in [1.29, 1.82) is 0 Å². The SMILES string of the molecule is COC(=O)C1CN(c2ccnc(OC)c2)CC1C. The van der Waals surface area contributed by atoms with E-state index in [2.05, 4.69) is 16.8 Å². The van der Waals surface area contributed by atoms with Gasteiger partial charge in [-0.25, -0.2) is 4.98 Å². The zero-order chi connectivity index (χ0) is 13.1. The van der Waals surface area contributed by atoms with Crippen molar-refractivity contribution in [2.24, 2.45) is 11.8 Å². The van der Waals surface area contributed by atoms with Gasteiger partial charge in [-0.15, -0.1) is 0 Å². The minimum Gasteiger partial charge on any atom is -0.481 e. The Morgan fingerprint density at radius 1 is 1.44 bits per heavy atom. The molecule has 0 aliphatic carbocycles. The molecular weight excluding hydrogens is 232 g/mol. The van der Waals surface area contributed by atoms with E-state index in [9.17, 15) is 4.79 Å². The molecule has 1 aromatic rings. The van der Waals surface area contributed by atoms with Gasteiger partial charge in [0.05, 0.1) is 20.1 Å². The van der Waals surface area contributed by atoms with Gasteiger partial charge in [-0.1, -0.05) is 6.92 Å². The van der Waals surface area contributed by atoms with Gasteiger partial charge in [0.15, 0.2) is 0 Å². The first kappa shape index (κ1) is 12.7. The van der Waals surface area contributed by atoms with E-state index < -0.39 is 0 Å². The lowest BCUT2D eigenvalue weighted by atomic mass is 9.99. The summed E-state index contributed by atoms with van der Waals surface area (Å²) in [5.41, 5.74) is 1.03. The Morgan fingerprint density at radius 2 is 2.22 bits per heavy atom. The highest BCUT2D eigenvalue weighted by atomic mass is 16.5. The topological polar surface area (TPSA) is 51.7 Å². The smallest absolute Gasteiger partial charge is 0.310 e. The van der Waals surface area contributed by atoms with Crippen LogP contribution in [0.2, 0.25) is 0 Å². The molecular formula is C13H18N2O3. The van der Waals surface area contributed by atoms with E-state index in [0.29, 0.717) is 12.4 Å². The summed E-state index contributed by atoms with van der Waals surface area (Å²) in [6, 6.07) is 3.81. The minimum absolute atomic E-state index is 0.0610. The van der Waals surface area contributed by atoms with Crippen LogP contribution in [-0.2, 0) is 9.53 Å². The van der Waals surface area contributed by atoms with Crippen LogP contribution in [0, 0.1) is 11.8 Å². The predicted octanol–water partition coefficient (Wildman–Crippen LogP) is 1.34. The van der Waals surface area contributed by atoms with Crippen LogP contribution in [0.4, 0.5) is 5.69 Å². The molecule has 0 radical (unpaired) electrons. The molecule has 98 valence electrons. The molecule has 5 heteroatoms. The largest absolute Gasteiger partial charge is 0.481 e. The molecule has 0 aromatic carbocycles. The summed E-state index contributed by atoms with van der Waals surface area (Å²) in [6.07, 6.45) is 1.71. The van der Waals surface area contributed by atoms with Crippen molar-refractivity contribution in [2.45, 2.75) is 6.92 Å². The van der Waals surface area contributed by atoms with E-state index in [1.165, 1.54) is 7.11 Å². The van der Waals surface area contributed by atoms with Crippen molar-refractivity contribution in [3.63, 3.8) is 0 Å². The lowest BCUT2D eigenvalue weighted by Crippen LogP contribution is -2.24. The summed E-state index contributed by atoms with van der Waals surface area (Å²) >= 11 is 0. The number of pyridine rings is 1. The van der Waals surface area contributed by atoms with Crippen LogP contribution in [0.1, 0.15) is 6.92 Å². The molecule has 1 aliphatic heterocycles. The third kappa shape index (κ3) is 2.39. The number of nitrogens with zero attached hydrogens (tertiary/aromatic N) is 2. The molecule has 0 N–H and O–H groups in total. The summed E-state index contributed by atoms with van der Waals surface area (Å²) in [4.78, 5) is 17.9. The van der Waals surface area contributed by atoms with Gasteiger partial charge in [0.25, 0.3) is 0 Å². The Bertz CT molecular complexity index is 436. The average molecular weight is 250 g/mol. The zero-order valence-corrected chi connectivity index (χ0v) is 10.9. The third-order valence-corrected chi connectivity index (χ3v) is 3.41. The van der Waals surface area contributed by atoms with Crippen molar-refractivity contribution < 1.29 is 14.3 Å². The number of carbonyl (C=O) groups is 1. The maximum Gasteiger partial charge on any atom is 0.310 e. The summed E-state index contributed by atoms with van der Waals surface area (Å²) in [7, 11) is 3.03. The number of hydrogen-bond acceptors (Lipinski definition) is 5. The molecule has 18 heavy (non-hydrogen) atoms. The fraction of sp³-hybridized carbons (Fsp3) is 0.538. The molecule has 1 saturated heterocycles. The van der Waals surface area contributed by atoms with Crippen molar-refractivity contribution >= 4 is 11.7 Å². The quantitative estimate of drug-likeness (QED) is 0.758. The molecule has 5 nitrogen and oxygen atoms in total. The Labute approximate surface area is 107 Å². The number of methoxy groups -OCH3 is 2. The maximum absolute atomic E-state index is 11.6. The lowest BCUT2D eigenvalue weighted by Gasteiger charge is -2.18. The van der Waals surface area contributed by atoms with Crippen LogP contribution in [-0.4, -0.2) is 38.3 Å². The van der Waals surface area contributed by atoms with E-state index in [1.807, 2.05) is 12.1 Å². The average Bonchev–Trinajstić information content (AvgIpc) is 2.80. The van der Waals surface area contributed by atoms with Gasteiger partial charge in [-0.3, -0.25) is 4.79 Å². The fourth-order valence-corrected chi connectivity index (χ4v) is 2.34. The van der Waals surface area contributed by atoms with Crippen molar-refractivity contribution in [3.05, 3.63) is 18.3 Å². The summed E-state index contributed by atoms with van der Waals surface area (Å²) in [5.74, 6) is 0.679. The molecule has 1 aromatic heterocycles. The molecule has 0 bridgehead atoms. The molecule has 0 spiro atoms. The van der Waals surface area contributed by atoms with E-state index in [1.54, 1.807) is 13.3 Å². The van der Waals surface area contributed by atoms with Crippen LogP contribution < -0.4 is 9.64 Å². The van der Waals surface area contributed by atoms with Crippen molar-refractivity contribution in [3.8, 4) is 5.88 Å². The molecule has 2 unspecified atom stereocenters. The van der Waals surface area contributed by atoms with Crippen molar-refractivity contribution in [2.75, 3.05) is 32.2 Å². The molecule has 0 saturated carbocycles. The van der Waals surface area contributed by atoms with E-state index >= 15 is 0 Å². The Hall–Kier alpha value is -1.78. The predicted molar refractivity (Wildman–Crippen MR) is 67.7 cm³/mol. The van der Waals surface area contributed by atoms with E-state index in [-0.39, 0.29) is 17.8 Å². The summed E-state index contributed by atoms with van der Waals surface area (Å²) in [6.45, 7) is 3.59. The number of esters is 1. The minimum atomic E-state index is -0.133. The van der Waals surface area contributed by atoms with Crippen LogP contribution >= 0.6 is 0 Å². The van der Waals surface area contributed by atoms with Gasteiger partial charge >= 0.3 is 5.97 Å². The van der Waals surface area contributed by atoms with Gasteiger partial charge in [0.2, 0.25) is 5.88 Å². The molecule has 2 rings (SSSR count). The zero-order valence-electron chi connectivity index (χ0n) is 10.9. The number of rotatable bonds is 3. The van der Waals surface area contributed by atoms with Gasteiger partial charge in [-0.2, -0.15) is 0 Å². The van der Waals surface area contributed by atoms with E-state index in [0.717, 1.165) is 12.2 Å². The second-order valence-corrected chi connectivity index (χ2v) is 4.57. The Morgan fingerprint density at radius 3 is 2.89 bits per heavy atom. The normalized spacial score (nSPS) is 22.9. The van der Waals surface area contributed by atoms with Crippen LogP contribution in [0.15, 0.2) is 18.3 Å². The lowest BCUT2D eigenvalue weighted by molar-refractivity contribution is -0.145. The fourth-order valence-electron chi connectivity index (χ4n) is 2.34. The van der Waals surface area contributed by atoms with Crippen LogP contribution in [0.3, 0.4) is 0 Å². The number of aromatic nitrogens is 1. The molecule has 1 fully saturated rings.